The molecular weight excluding hydrogens is 446 g/mol. The Morgan fingerprint density at radius 1 is 1.06 bits per heavy atom. The normalized spacial score (nSPS) is 16.8. The molecule has 3 heterocycles. The van der Waals surface area contributed by atoms with E-state index in [2.05, 4.69) is 19.4 Å². The summed E-state index contributed by atoms with van der Waals surface area (Å²) in [5.41, 5.74) is -5.41. The van der Waals surface area contributed by atoms with E-state index >= 15 is 0 Å². The zero-order valence-electron chi connectivity index (χ0n) is 17.1. The van der Waals surface area contributed by atoms with Crippen molar-refractivity contribution in [1.29, 1.82) is 0 Å². The van der Waals surface area contributed by atoms with Gasteiger partial charge >= 0.3 is 18.0 Å². The molecule has 1 aliphatic rings. The van der Waals surface area contributed by atoms with Crippen LogP contribution in [0.4, 0.5) is 26.3 Å². The van der Waals surface area contributed by atoms with Crippen LogP contribution in [0.1, 0.15) is 36.5 Å². The maximum atomic E-state index is 13.8. The molecule has 32 heavy (non-hydrogen) atoms. The van der Waals surface area contributed by atoms with E-state index in [4.69, 9.17) is 9.47 Å². The van der Waals surface area contributed by atoms with E-state index < -0.39 is 30.4 Å². The third kappa shape index (κ3) is 4.81. The van der Waals surface area contributed by atoms with Crippen molar-refractivity contribution >= 4 is 0 Å². The molecule has 0 aromatic carbocycles. The van der Waals surface area contributed by atoms with E-state index in [0.29, 0.717) is 24.8 Å². The number of halogens is 6. The van der Waals surface area contributed by atoms with Gasteiger partial charge in [0.25, 0.3) is 0 Å². The summed E-state index contributed by atoms with van der Waals surface area (Å²) in [6.07, 6.45) is -9.93. The first kappa shape index (κ1) is 24.2. The third-order valence-electron chi connectivity index (χ3n) is 4.62. The van der Waals surface area contributed by atoms with E-state index in [1.54, 1.807) is 19.1 Å². The lowest BCUT2D eigenvalue weighted by Crippen LogP contribution is -2.56. The number of nitrogens with zero attached hydrogens (tertiary/aromatic N) is 2. The lowest BCUT2D eigenvalue weighted by atomic mass is 9.96. The van der Waals surface area contributed by atoms with Crippen LogP contribution in [0.2, 0.25) is 0 Å². The molecule has 1 unspecified atom stereocenters. The van der Waals surface area contributed by atoms with Gasteiger partial charge in [-0.05, 0) is 30.7 Å². The second-order valence-electron chi connectivity index (χ2n) is 6.96. The summed E-state index contributed by atoms with van der Waals surface area (Å²) in [5.74, 6) is 0.257. The van der Waals surface area contributed by atoms with E-state index in [-0.39, 0.29) is 29.7 Å². The predicted octanol–water partition coefficient (Wildman–Crippen LogP) is 5.23. The number of alkyl halides is 6. The van der Waals surface area contributed by atoms with Crippen LogP contribution in [0.3, 0.4) is 0 Å². The first-order valence-corrected chi connectivity index (χ1v) is 9.55. The molecule has 0 saturated carbocycles. The molecular formula is C20H20F6N2O4. The van der Waals surface area contributed by atoms with Crippen molar-refractivity contribution in [3.63, 3.8) is 0 Å². The molecule has 0 radical (unpaired) electrons. The van der Waals surface area contributed by atoms with Crippen molar-refractivity contribution < 1.29 is 45.3 Å². The molecule has 0 aliphatic carbocycles. The van der Waals surface area contributed by atoms with Crippen LogP contribution in [0.5, 0.6) is 11.5 Å². The number of hydrogen-bond donors (Lipinski definition) is 0. The number of epoxide rings is 1. The number of aryl methyl sites for hydroxylation is 1. The van der Waals surface area contributed by atoms with Gasteiger partial charge in [0.2, 0.25) is 0 Å². The number of rotatable bonds is 9. The van der Waals surface area contributed by atoms with Crippen LogP contribution in [0.25, 0.3) is 0 Å². The summed E-state index contributed by atoms with van der Waals surface area (Å²) in [4.78, 5) is 7.85. The maximum Gasteiger partial charge on any atom is 0.432 e. The second kappa shape index (κ2) is 9.20. The van der Waals surface area contributed by atoms with Crippen LogP contribution in [0, 0.1) is 0 Å². The Morgan fingerprint density at radius 3 is 2.25 bits per heavy atom. The van der Waals surface area contributed by atoms with Gasteiger partial charge in [-0.2, -0.15) is 26.3 Å². The molecule has 2 aromatic heterocycles. The highest BCUT2D eigenvalue weighted by Gasteiger charge is 2.74. The van der Waals surface area contributed by atoms with E-state index in [0.717, 1.165) is 13.2 Å². The Balaban J connectivity index is 2.01. The molecule has 12 heteroatoms. The topological polar surface area (TPSA) is 66.0 Å². The Kier molecular flexibility index (Phi) is 6.96. The summed E-state index contributed by atoms with van der Waals surface area (Å²) in [6.45, 7) is 1.02. The minimum Gasteiger partial charge on any atom is -0.454 e. The number of ether oxygens (including phenoxy) is 4. The average Bonchev–Trinajstić information content (AvgIpc) is 3.54. The Morgan fingerprint density at radius 2 is 1.75 bits per heavy atom. The molecule has 176 valence electrons. The number of hydrogen-bond acceptors (Lipinski definition) is 6. The summed E-state index contributed by atoms with van der Waals surface area (Å²) >= 11 is 0. The van der Waals surface area contributed by atoms with Crippen molar-refractivity contribution in [2.75, 3.05) is 20.5 Å². The monoisotopic (exact) mass is 466 g/mol. The van der Waals surface area contributed by atoms with Gasteiger partial charge in [0.05, 0.1) is 29.9 Å². The summed E-state index contributed by atoms with van der Waals surface area (Å²) < 4.78 is 102. The molecule has 0 spiro atoms. The molecule has 0 amide bonds. The van der Waals surface area contributed by atoms with Gasteiger partial charge in [-0.25, -0.2) is 0 Å². The fourth-order valence-electron chi connectivity index (χ4n) is 3.02. The molecule has 6 nitrogen and oxygen atoms in total. The molecule has 1 fully saturated rings. The van der Waals surface area contributed by atoms with Crippen molar-refractivity contribution in [3.05, 3.63) is 47.5 Å². The maximum absolute atomic E-state index is 13.8. The molecule has 0 N–H and O–H groups in total. The number of aromatic nitrogens is 2. The highest BCUT2D eigenvalue weighted by atomic mass is 19.4. The molecule has 1 atom stereocenters. The van der Waals surface area contributed by atoms with Gasteiger partial charge < -0.3 is 18.9 Å². The second-order valence-corrected chi connectivity index (χ2v) is 6.96. The SMILES string of the molecule is CCCc1nc(C(OCOC)(C(F)(F)F)C(F)(F)F)ccc1Oc1ccc(C2CO2)nc1. The van der Waals surface area contributed by atoms with Crippen molar-refractivity contribution in [2.45, 2.75) is 43.8 Å². The Hall–Kier alpha value is -2.44. The number of pyridine rings is 2. The van der Waals surface area contributed by atoms with Gasteiger partial charge in [-0.15, -0.1) is 0 Å². The Bertz CT molecular complexity index is 900. The third-order valence-corrected chi connectivity index (χ3v) is 4.62. The smallest absolute Gasteiger partial charge is 0.432 e. The van der Waals surface area contributed by atoms with Crippen molar-refractivity contribution in [1.82, 2.24) is 9.97 Å². The largest absolute Gasteiger partial charge is 0.454 e. The lowest BCUT2D eigenvalue weighted by Gasteiger charge is -2.36. The standard InChI is InChI=1S/C20H20F6N2O4/c1-3-4-14-15(32-12-5-6-13(27-9-12)16-10-30-16)7-8-17(28-14)18(19(21,22)23,20(24,25)26)31-11-29-2/h5-9,16H,3-4,10-11H2,1-2H3. The Labute approximate surface area is 179 Å². The minimum atomic E-state index is -5.85. The highest BCUT2D eigenvalue weighted by molar-refractivity contribution is 5.37. The average molecular weight is 466 g/mol. The molecule has 1 aliphatic heterocycles. The zero-order chi connectivity index (χ0) is 23.6. The van der Waals surface area contributed by atoms with E-state index in [1.165, 1.54) is 6.20 Å². The van der Waals surface area contributed by atoms with Crippen molar-refractivity contribution in [3.8, 4) is 11.5 Å². The molecule has 0 bridgehead atoms. The van der Waals surface area contributed by atoms with Gasteiger partial charge in [0.15, 0.2) is 0 Å². The van der Waals surface area contributed by atoms with Gasteiger partial charge in [-0.1, -0.05) is 13.3 Å². The van der Waals surface area contributed by atoms with E-state index in [9.17, 15) is 26.3 Å². The molecule has 3 rings (SSSR count). The first-order valence-electron chi connectivity index (χ1n) is 9.55. The molecule has 2 aromatic rings. The highest BCUT2D eigenvalue weighted by Crippen LogP contribution is 2.52. The van der Waals surface area contributed by atoms with Crippen LogP contribution in [-0.4, -0.2) is 42.8 Å². The van der Waals surface area contributed by atoms with E-state index in [1.807, 2.05) is 0 Å². The zero-order valence-corrected chi connectivity index (χ0v) is 17.1. The minimum absolute atomic E-state index is 0.0119. The van der Waals surface area contributed by atoms with Crippen molar-refractivity contribution in [2.24, 2.45) is 0 Å². The first-order chi connectivity index (χ1) is 15.0. The number of methoxy groups -OCH3 is 1. The summed E-state index contributed by atoms with van der Waals surface area (Å²) in [6, 6.07) is 4.83. The van der Waals surface area contributed by atoms with Crippen LogP contribution < -0.4 is 4.74 Å². The van der Waals surface area contributed by atoms with Crippen LogP contribution in [0.15, 0.2) is 30.5 Å². The quantitative estimate of drug-likeness (QED) is 0.286. The van der Waals surface area contributed by atoms with Crippen LogP contribution in [-0.2, 0) is 26.2 Å². The fraction of sp³-hybridized carbons (Fsp3) is 0.500. The predicted molar refractivity (Wildman–Crippen MR) is 98.0 cm³/mol. The van der Waals surface area contributed by atoms with Gasteiger partial charge in [0, 0.05) is 7.11 Å². The lowest BCUT2D eigenvalue weighted by molar-refractivity contribution is -0.401. The van der Waals surface area contributed by atoms with Gasteiger partial charge in [-0.3, -0.25) is 9.97 Å². The molecule has 1 saturated heterocycles. The van der Waals surface area contributed by atoms with Crippen LogP contribution >= 0.6 is 0 Å². The summed E-state index contributed by atoms with van der Waals surface area (Å²) in [5, 5.41) is 0. The fourth-order valence-corrected chi connectivity index (χ4v) is 3.02. The summed E-state index contributed by atoms with van der Waals surface area (Å²) in [7, 11) is 0.916. The van der Waals surface area contributed by atoms with Gasteiger partial charge in [0.1, 0.15) is 24.4 Å².